The van der Waals surface area contributed by atoms with Gasteiger partial charge in [0.25, 0.3) is 0 Å². The first-order valence-electron chi connectivity index (χ1n) is 6.14. The average Bonchev–Trinajstić information content (AvgIpc) is 2.37. The highest BCUT2D eigenvalue weighted by Gasteiger charge is 2.07. The van der Waals surface area contributed by atoms with Gasteiger partial charge in [0.15, 0.2) is 0 Å². The molecule has 3 N–H and O–H groups in total. The Hall–Kier alpha value is -1.94. The molecule has 98 valence electrons. The van der Waals surface area contributed by atoms with Gasteiger partial charge >= 0.3 is 0 Å². The number of nitrogens with two attached hydrogens (primary N) is 1. The highest BCUT2D eigenvalue weighted by molar-refractivity contribution is 7.80. The Labute approximate surface area is 118 Å². The maximum absolute atomic E-state index is 5.75. The number of pyridine rings is 1. The zero-order chi connectivity index (χ0) is 13.8. The molecule has 19 heavy (non-hydrogen) atoms. The number of nitrogens with zero attached hydrogens (tertiary/aromatic N) is 1. The fourth-order valence-corrected chi connectivity index (χ4v) is 2.15. The minimum absolute atomic E-state index is 0.406. The number of aromatic nitrogens is 1. The third-order valence-corrected chi connectivity index (χ3v) is 3.15. The van der Waals surface area contributed by atoms with Crippen LogP contribution in [0.5, 0.6) is 0 Å². The first kappa shape index (κ1) is 13.5. The van der Waals surface area contributed by atoms with Gasteiger partial charge in [0.2, 0.25) is 0 Å². The summed E-state index contributed by atoms with van der Waals surface area (Å²) in [6, 6.07) is 11.9. The van der Waals surface area contributed by atoms with Crippen molar-refractivity contribution in [2.24, 2.45) is 5.73 Å². The van der Waals surface area contributed by atoms with Crippen LogP contribution in [0.3, 0.4) is 0 Å². The van der Waals surface area contributed by atoms with Gasteiger partial charge in [-0.2, -0.15) is 0 Å². The fourth-order valence-electron chi connectivity index (χ4n) is 1.98. The maximum atomic E-state index is 5.75. The largest absolute Gasteiger partial charge is 0.389 e. The minimum Gasteiger partial charge on any atom is -0.389 e. The predicted molar refractivity (Wildman–Crippen MR) is 83.4 cm³/mol. The zero-order valence-corrected chi connectivity index (χ0v) is 11.9. The molecule has 0 amide bonds. The second kappa shape index (κ2) is 5.80. The molecule has 0 aliphatic heterocycles. The Kier molecular flexibility index (Phi) is 4.12. The van der Waals surface area contributed by atoms with Gasteiger partial charge in [-0.1, -0.05) is 30.4 Å². The summed E-state index contributed by atoms with van der Waals surface area (Å²) >= 11 is 5.08. The van der Waals surface area contributed by atoms with Crippen molar-refractivity contribution >= 4 is 22.9 Å². The second-order valence-corrected chi connectivity index (χ2v) is 4.93. The molecule has 0 saturated heterocycles. The number of hydrogen-bond donors (Lipinski definition) is 2. The average molecular weight is 271 g/mol. The summed E-state index contributed by atoms with van der Waals surface area (Å²) in [7, 11) is 0. The molecule has 0 aliphatic carbocycles. The fraction of sp³-hybridized carbons (Fsp3) is 0.200. The van der Waals surface area contributed by atoms with E-state index in [0.717, 1.165) is 28.2 Å². The van der Waals surface area contributed by atoms with E-state index in [9.17, 15) is 0 Å². The van der Waals surface area contributed by atoms with Crippen LogP contribution >= 0.6 is 12.2 Å². The molecule has 0 radical (unpaired) electrons. The van der Waals surface area contributed by atoms with Crippen molar-refractivity contribution in [3.63, 3.8) is 0 Å². The van der Waals surface area contributed by atoms with Crippen molar-refractivity contribution in [2.45, 2.75) is 20.4 Å². The third-order valence-electron chi connectivity index (χ3n) is 2.93. The molecular formula is C15H17N3S. The molecule has 0 bridgehead atoms. The SMILES string of the molecule is Cc1cccc(CNc2c(C)cccc2C(N)=S)n1. The van der Waals surface area contributed by atoms with Gasteiger partial charge in [0, 0.05) is 16.9 Å². The van der Waals surface area contributed by atoms with E-state index in [1.165, 1.54) is 0 Å². The minimum atomic E-state index is 0.406. The van der Waals surface area contributed by atoms with Crippen LogP contribution in [0.2, 0.25) is 0 Å². The van der Waals surface area contributed by atoms with Crippen LogP contribution in [0.25, 0.3) is 0 Å². The Balaban J connectivity index is 2.22. The lowest BCUT2D eigenvalue weighted by molar-refractivity contribution is 1.01. The topological polar surface area (TPSA) is 50.9 Å². The number of nitrogens with one attached hydrogen (secondary N) is 1. The summed E-state index contributed by atoms with van der Waals surface area (Å²) in [4.78, 5) is 4.87. The van der Waals surface area contributed by atoms with E-state index in [2.05, 4.69) is 10.3 Å². The summed E-state index contributed by atoms with van der Waals surface area (Å²) < 4.78 is 0. The lowest BCUT2D eigenvalue weighted by atomic mass is 10.1. The molecule has 0 aliphatic rings. The highest BCUT2D eigenvalue weighted by atomic mass is 32.1. The van der Waals surface area contributed by atoms with Crippen molar-refractivity contribution in [2.75, 3.05) is 5.32 Å². The number of rotatable bonds is 4. The molecule has 0 atom stereocenters. The molecule has 0 fully saturated rings. The lowest BCUT2D eigenvalue weighted by Gasteiger charge is -2.14. The van der Waals surface area contributed by atoms with Crippen molar-refractivity contribution in [1.82, 2.24) is 4.98 Å². The van der Waals surface area contributed by atoms with Crippen LogP contribution in [-0.2, 0) is 6.54 Å². The van der Waals surface area contributed by atoms with E-state index < -0.39 is 0 Å². The van der Waals surface area contributed by atoms with Crippen LogP contribution in [-0.4, -0.2) is 9.97 Å². The molecule has 3 nitrogen and oxygen atoms in total. The molecular weight excluding hydrogens is 254 g/mol. The number of anilines is 1. The Bertz CT molecular complexity index is 608. The van der Waals surface area contributed by atoms with Crippen molar-refractivity contribution < 1.29 is 0 Å². The molecule has 2 aromatic rings. The van der Waals surface area contributed by atoms with E-state index in [1.807, 2.05) is 50.2 Å². The van der Waals surface area contributed by atoms with E-state index in [0.29, 0.717) is 11.5 Å². The summed E-state index contributed by atoms with van der Waals surface area (Å²) in [6.45, 7) is 4.67. The van der Waals surface area contributed by atoms with Crippen LogP contribution < -0.4 is 11.1 Å². The van der Waals surface area contributed by atoms with E-state index in [4.69, 9.17) is 18.0 Å². The lowest BCUT2D eigenvalue weighted by Crippen LogP contribution is -2.14. The van der Waals surface area contributed by atoms with Crippen LogP contribution in [0.1, 0.15) is 22.5 Å². The summed E-state index contributed by atoms with van der Waals surface area (Å²) in [6.07, 6.45) is 0. The monoisotopic (exact) mass is 271 g/mol. The quantitative estimate of drug-likeness (QED) is 0.839. The molecule has 0 saturated carbocycles. The first-order valence-corrected chi connectivity index (χ1v) is 6.54. The molecule has 2 rings (SSSR count). The smallest absolute Gasteiger partial charge is 0.106 e. The molecule has 1 aromatic carbocycles. The molecule has 0 spiro atoms. The Morgan fingerprint density at radius 2 is 1.95 bits per heavy atom. The van der Waals surface area contributed by atoms with Gasteiger partial charge in [-0.15, -0.1) is 0 Å². The maximum Gasteiger partial charge on any atom is 0.106 e. The number of benzene rings is 1. The van der Waals surface area contributed by atoms with Gasteiger partial charge in [-0.25, -0.2) is 0 Å². The van der Waals surface area contributed by atoms with E-state index in [1.54, 1.807) is 0 Å². The summed E-state index contributed by atoms with van der Waals surface area (Å²) in [5.74, 6) is 0. The van der Waals surface area contributed by atoms with Crippen LogP contribution in [0, 0.1) is 13.8 Å². The predicted octanol–water partition coefficient (Wildman–Crippen LogP) is 2.94. The van der Waals surface area contributed by atoms with Crippen LogP contribution in [0.15, 0.2) is 36.4 Å². The van der Waals surface area contributed by atoms with Gasteiger partial charge in [0.1, 0.15) is 4.99 Å². The summed E-state index contributed by atoms with van der Waals surface area (Å²) in [5.41, 5.74) is 10.7. The Morgan fingerprint density at radius 1 is 1.21 bits per heavy atom. The Morgan fingerprint density at radius 3 is 2.63 bits per heavy atom. The zero-order valence-electron chi connectivity index (χ0n) is 11.1. The van der Waals surface area contributed by atoms with E-state index >= 15 is 0 Å². The van der Waals surface area contributed by atoms with Gasteiger partial charge < -0.3 is 11.1 Å². The van der Waals surface area contributed by atoms with E-state index in [-0.39, 0.29) is 0 Å². The summed E-state index contributed by atoms with van der Waals surface area (Å²) in [5, 5.41) is 3.38. The molecule has 4 heteroatoms. The second-order valence-electron chi connectivity index (χ2n) is 4.49. The highest BCUT2D eigenvalue weighted by Crippen LogP contribution is 2.21. The van der Waals surface area contributed by atoms with Gasteiger partial charge in [-0.05, 0) is 37.6 Å². The number of hydrogen-bond acceptors (Lipinski definition) is 3. The van der Waals surface area contributed by atoms with Crippen LogP contribution in [0.4, 0.5) is 5.69 Å². The number of thiocarbonyl (C=S) groups is 1. The normalized spacial score (nSPS) is 10.2. The molecule has 0 unspecified atom stereocenters. The van der Waals surface area contributed by atoms with Crippen molar-refractivity contribution in [1.29, 1.82) is 0 Å². The first-order chi connectivity index (χ1) is 9.08. The van der Waals surface area contributed by atoms with Crippen molar-refractivity contribution in [3.8, 4) is 0 Å². The molecule has 1 aromatic heterocycles. The van der Waals surface area contributed by atoms with Gasteiger partial charge in [0.05, 0.1) is 12.2 Å². The standard InChI is InChI=1S/C15H17N3S/c1-10-5-3-8-13(15(16)19)14(10)17-9-12-7-4-6-11(2)18-12/h3-8,17H,9H2,1-2H3,(H2,16,19). The number of aryl methyl sites for hydroxylation is 2. The number of para-hydroxylation sites is 1. The molecule has 1 heterocycles. The third kappa shape index (κ3) is 3.29. The van der Waals surface area contributed by atoms with Crippen molar-refractivity contribution in [3.05, 3.63) is 58.9 Å². The van der Waals surface area contributed by atoms with Gasteiger partial charge in [-0.3, -0.25) is 4.98 Å².